The van der Waals surface area contributed by atoms with Gasteiger partial charge in [-0.3, -0.25) is 4.79 Å². The molecular formula is C12H20N4O2. The van der Waals surface area contributed by atoms with Gasteiger partial charge in [-0.25, -0.2) is 9.67 Å². The van der Waals surface area contributed by atoms with Crippen molar-refractivity contribution in [2.75, 3.05) is 13.2 Å². The van der Waals surface area contributed by atoms with Gasteiger partial charge in [0.1, 0.15) is 12.2 Å². The van der Waals surface area contributed by atoms with Gasteiger partial charge in [0.25, 0.3) is 0 Å². The van der Waals surface area contributed by atoms with Crippen LogP contribution in [0.15, 0.2) is 6.33 Å². The number of hydrogen-bond acceptors (Lipinski definition) is 4. The molecule has 1 aromatic heterocycles. The summed E-state index contributed by atoms with van der Waals surface area (Å²) in [4.78, 5) is 16.4. The molecule has 0 unspecified atom stereocenters. The minimum atomic E-state index is -0.384. The molecule has 1 aliphatic heterocycles. The van der Waals surface area contributed by atoms with E-state index in [0.717, 1.165) is 18.8 Å². The van der Waals surface area contributed by atoms with Crippen molar-refractivity contribution in [2.45, 2.75) is 39.8 Å². The highest BCUT2D eigenvalue weighted by atomic mass is 16.5. The molecule has 1 saturated heterocycles. The maximum absolute atomic E-state index is 12.2. The van der Waals surface area contributed by atoms with Gasteiger partial charge in [-0.1, -0.05) is 6.92 Å². The Hall–Kier alpha value is -1.43. The molecule has 100 valence electrons. The quantitative estimate of drug-likeness (QED) is 0.845. The third-order valence-corrected chi connectivity index (χ3v) is 3.36. The van der Waals surface area contributed by atoms with Crippen molar-refractivity contribution in [3.63, 3.8) is 0 Å². The third-order valence-electron chi connectivity index (χ3n) is 3.36. The zero-order chi connectivity index (χ0) is 13.2. The van der Waals surface area contributed by atoms with Crippen LogP contribution in [-0.2, 0) is 16.1 Å². The van der Waals surface area contributed by atoms with Crippen molar-refractivity contribution in [3.8, 4) is 0 Å². The van der Waals surface area contributed by atoms with Crippen molar-refractivity contribution >= 4 is 5.91 Å². The smallest absolute Gasteiger partial charge is 0.231 e. The minimum absolute atomic E-state index is 0.0336. The molecule has 0 radical (unpaired) electrons. The topological polar surface area (TPSA) is 69.0 Å². The lowest BCUT2D eigenvalue weighted by molar-refractivity contribution is -0.158. The maximum atomic E-state index is 12.2. The van der Waals surface area contributed by atoms with E-state index >= 15 is 0 Å². The summed E-state index contributed by atoms with van der Waals surface area (Å²) in [6, 6.07) is -0.0858. The average molecular weight is 252 g/mol. The van der Waals surface area contributed by atoms with Crippen LogP contribution in [0.25, 0.3) is 0 Å². The molecule has 1 fully saturated rings. The number of hydrogen-bond donors (Lipinski definition) is 1. The second kappa shape index (κ2) is 5.06. The van der Waals surface area contributed by atoms with Gasteiger partial charge < -0.3 is 10.1 Å². The summed E-state index contributed by atoms with van der Waals surface area (Å²) < 4.78 is 6.93. The normalized spacial score (nSPS) is 19.1. The molecule has 0 saturated carbocycles. The van der Waals surface area contributed by atoms with Crippen molar-refractivity contribution < 1.29 is 9.53 Å². The molecule has 1 aromatic rings. The number of nitrogens with zero attached hydrogens (tertiary/aromatic N) is 3. The summed E-state index contributed by atoms with van der Waals surface area (Å²) >= 11 is 0. The Morgan fingerprint density at radius 3 is 2.83 bits per heavy atom. The fourth-order valence-electron chi connectivity index (χ4n) is 2.01. The average Bonchev–Trinajstić information content (AvgIpc) is 2.80. The standard InChI is InChI=1S/C12H20N4O2/c1-4-9(10-13-8-14-16(10)5-2)15-11(17)12(3)6-18-7-12/h8-9H,4-7H2,1-3H3,(H,15,17)/t9-/m1/s1. The molecular weight excluding hydrogens is 232 g/mol. The molecule has 0 aromatic carbocycles. The molecule has 6 nitrogen and oxygen atoms in total. The van der Waals surface area contributed by atoms with Crippen LogP contribution in [0.1, 0.15) is 39.1 Å². The van der Waals surface area contributed by atoms with E-state index in [1.54, 1.807) is 0 Å². The van der Waals surface area contributed by atoms with Gasteiger partial charge in [-0.05, 0) is 20.3 Å². The Morgan fingerprint density at radius 1 is 1.61 bits per heavy atom. The number of amides is 1. The van der Waals surface area contributed by atoms with Gasteiger partial charge in [-0.15, -0.1) is 0 Å². The Balaban J connectivity index is 2.08. The fourth-order valence-corrected chi connectivity index (χ4v) is 2.01. The monoisotopic (exact) mass is 252 g/mol. The van der Waals surface area contributed by atoms with Crippen LogP contribution in [0.3, 0.4) is 0 Å². The number of nitrogens with one attached hydrogen (secondary N) is 1. The van der Waals surface area contributed by atoms with Crippen molar-refractivity contribution in [1.29, 1.82) is 0 Å². The van der Waals surface area contributed by atoms with Crippen LogP contribution in [-0.4, -0.2) is 33.9 Å². The van der Waals surface area contributed by atoms with E-state index in [-0.39, 0.29) is 17.4 Å². The van der Waals surface area contributed by atoms with Gasteiger partial charge in [-0.2, -0.15) is 5.10 Å². The van der Waals surface area contributed by atoms with E-state index in [1.807, 2.05) is 25.5 Å². The summed E-state index contributed by atoms with van der Waals surface area (Å²) in [6.07, 6.45) is 2.32. The Bertz CT molecular complexity index is 425. The summed E-state index contributed by atoms with van der Waals surface area (Å²) in [6.45, 7) is 7.70. The molecule has 1 atom stereocenters. The lowest BCUT2D eigenvalue weighted by Gasteiger charge is -2.37. The number of carbonyl (C=O) groups excluding carboxylic acids is 1. The molecule has 0 bridgehead atoms. The Morgan fingerprint density at radius 2 is 2.33 bits per heavy atom. The highest BCUT2D eigenvalue weighted by molar-refractivity contribution is 5.83. The van der Waals surface area contributed by atoms with Gasteiger partial charge >= 0.3 is 0 Å². The molecule has 18 heavy (non-hydrogen) atoms. The first-order valence-electron chi connectivity index (χ1n) is 6.37. The van der Waals surface area contributed by atoms with Crippen LogP contribution >= 0.6 is 0 Å². The van der Waals surface area contributed by atoms with Crippen LogP contribution in [0.2, 0.25) is 0 Å². The van der Waals surface area contributed by atoms with E-state index in [0.29, 0.717) is 13.2 Å². The fraction of sp³-hybridized carbons (Fsp3) is 0.750. The van der Waals surface area contributed by atoms with Gasteiger partial charge in [0.15, 0.2) is 0 Å². The number of aryl methyl sites for hydroxylation is 1. The lowest BCUT2D eigenvalue weighted by atomic mass is 9.87. The predicted molar refractivity (Wildman–Crippen MR) is 65.8 cm³/mol. The van der Waals surface area contributed by atoms with Gasteiger partial charge in [0.05, 0.1) is 24.7 Å². The molecule has 1 N–H and O–H groups in total. The first kappa shape index (κ1) is 13.0. The summed E-state index contributed by atoms with van der Waals surface area (Å²) in [5.41, 5.74) is -0.384. The van der Waals surface area contributed by atoms with E-state index < -0.39 is 0 Å². The molecule has 1 aliphatic rings. The minimum Gasteiger partial charge on any atom is -0.379 e. The highest BCUT2D eigenvalue weighted by Gasteiger charge is 2.42. The van der Waals surface area contributed by atoms with Crippen LogP contribution in [0.4, 0.5) is 0 Å². The molecule has 2 rings (SSSR count). The Labute approximate surface area is 107 Å². The first-order chi connectivity index (χ1) is 8.60. The van der Waals surface area contributed by atoms with Gasteiger partial charge in [0.2, 0.25) is 5.91 Å². The molecule has 0 aliphatic carbocycles. The Kier molecular flexibility index (Phi) is 3.65. The van der Waals surface area contributed by atoms with Crippen LogP contribution in [0, 0.1) is 5.41 Å². The highest BCUT2D eigenvalue weighted by Crippen LogP contribution is 2.28. The predicted octanol–water partition coefficient (Wildman–Crippen LogP) is 0.902. The molecule has 6 heteroatoms. The lowest BCUT2D eigenvalue weighted by Crippen LogP contribution is -2.52. The second-order valence-corrected chi connectivity index (χ2v) is 4.92. The first-order valence-corrected chi connectivity index (χ1v) is 6.37. The zero-order valence-corrected chi connectivity index (χ0v) is 11.1. The van der Waals surface area contributed by atoms with E-state index in [9.17, 15) is 4.79 Å². The number of rotatable bonds is 5. The second-order valence-electron chi connectivity index (χ2n) is 4.92. The van der Waals surface area contributed by atoms with Crippen molar-refractivity contribution in [2.24, 2.45) is 5.41 Å². The SMILES string of the molecule is CC[C@@H](NC(=O)C1(C)COC1)c1ncnn1CC. The molecule has 1 amide bonds. The van der Waals surface area contributed by atoms with Crippen LogP contribution in [0.5, 0.6) is 0 Å². The van der Waals surface area contributed by atoms with Gasteiger partial charge in [0, 0.05) is 6.54 Å². The molecule has 0 spiro atoms. The number of aromatic nitrogens is 3. The summed E-state index contributed by atoms with van der Waals surface area (Å²) in [5, 5.41) is 7.18. The summed E-state index contributed by atoms with van der Waals surface area (Å²) in [7, 11) is 0. The third kappa shape index (κ3) is 2.25. The van der Waals surface area contributed by atoms with Crippen molar-refractivity contribution in [1.82, 2.24) is 20.1 Å². The van der Waals surface area contributed by atoms with E-state index in [2.05, 4.69) is 15.4 Å². The summed E-state index contributed by atoms with van der Waals surface area (Å²) in [5.74, 6) is 0.850. The van der Waals surface area contributed by atoms with E-state index in [4.69, 9.17) is 4.74 Å². The number of ether oxygens (including phenoxy) is 1. The molecule has 2 heterocycles. The largest absolute Gasteiger partial charge is 0.379 e. The zero-order valence-electron chi connectivity index (χ0n) is 11.1. The van der Waals surface area contributed by atoms with Crippen molar-refractivity contribution in [3.05, 3.63) is 12.2 Å². The van der Waals surface area contributed by atoms with Crippen LogP contribution < -0.4 is 5.32 Å². The van der Waals surface area contributed by atoms with E-state index in [1.165, 1.54) is 6.33 Å². The maximum Gasteiger partial charge on any atom is 0.231 e. The number of carbonyl (C=O) groups is 1.